The fraction of sp³-hybridized carbons (Fsp3) is 0.452. The molecular formula is C31H46N10O2S2. The van der Waals surface area contributed by atoms with Gasteiger partial charge < -0.3 is 47.0 Å². The maximum Gasteiger partial charge on any atom is 0.407 e. The summed E-state index contributed by atoms with van der Waals surface area (Å²) < 4.78 is 5.18. The van der Waals surface area contributed by atoms with Crippen LogP contribution >= 0.6 is 24.4 Å². The van der Waals surface area contributed by atoms with E-state index in [0.717, 1.165) is 72.9 Å². The number of hydrogen-bond acceptors (Lipinski definition) is 7. The third kappa shape index (κ3) is 13.3. The number of fused-ring (bicyclic) bond motifs is 2. The van der Waals surface area contributed by atoms with Gasteiger partial charge in [-0.25, -0.2) is 14.8 Å². The average molecular weight is 655 g/mol. The molecule has 12 nitrogen and oxygen atoms in total. The molecule has 45 heavy (non-hydrogen) atoms. The molecule has 1 amide bonds. The van der Waals surface area contributed by atoms with Crippen molar-refractivity contribution in [2.24, 2.45) is 5.73 Å². The summed E-state index contributed by atoms with van der Waals surface area (Å²) in [4.78, 5) is 26.2. The van der Waals surface area contributed by atoms with Crippen LogP contribution in [0.3, 0.4) is 0 Å². The molecule has 4 rings (SSSR count). The number of pyridine rings is 2. The lowest BCUT2D eigenvalue weighted by atomic mass is 10.2. The van der Waals surface area contributed by atoms with Crippen LogP contribution in [0, 0.1) is 0 Å². The molecule has 0 aliphatic carbocycles. The molecule has 0 unspecified atom stereocenters. The van der Waals surface area contributed by atoms with Crippen molar-refractivity contribution >= 4 is 62.8 Å². The molecule has 0 aliphatic heterocycles. The van der Waals surface area contributed by atoms with Crippen molar-refractivity contribution in [2.75, 3.05) is 26.2 Å². The van der Waals surface area contributed by atoms with E-state index >= 15 is 0 Å². The van der Waals surface area contributed by atoms with E-state index in [2.05, 4.69) is 46.5 Å². The second-order valence-corrected chi connectivity index (χ2v) is 12.1. The van der Waals surface area contributed by atoms with Crippen molar-refractivity contribution in [2.45, 2.75) is 65.1 Å². The Kier molecular flexibility index (Phi) is 14.8. The van der Waals surface area contributed by atoms with Crippen LogP contribution in [-0.2, 0) is 17.8 Å². The van der Waals surface area contributed by atoms with E-state index < -0.39 is 5.60 Å². The Morgan fingerprint density at radius 1 is 0.756 bits per heavy atom. The molecular weight excluding hydrogens is 609 g/mol. The van der Waals surface area contributed by atoms with Crippen LogP contribution in [0.15, 0.2) is 49.1 Å². The molecule has 244 valence electrons. The Morgan fingerprint density at radius 3 is 1.69 bits per heavy atom. The van der Waals surface area contributed by atoms with Crippen LogP contribution in [0.25, 0.3) is 22.1 Å². The van der Waals surface area contributed by atoms with Gasteiger partial charge in [0, 0.05) is 68.3 Å². The van der Waals surface area contributed by atoms with Crippen LogP contribution in [0.1, 0.15) is 57.6 Å². The summed E-state index contributed by atoms with van der Waals surface area (Å²) in [6.45, 7) is 9.79. The average Bonchev–Trinajstić information content (AvgIpc) is 3.69. The predicted molar refractivity (Wildman–Crippen MR) is 189 cm³/mol. The van der Waals surface area contributed by atoms with Crippen LogP contribution in [-0.4, -0.2) is 68.0 Å². The number of aromatic amines is 2. The number of thiocarbonyl (C=S) groups is 2. The highest BCUT2D eigenvalue weighted by atomic mass is 32.1. The Morgan fingerprint density at radius 2 is 1.22 bits per heavy atom. The largest absolute Gasteiger partial charge is 0.444 e. The number of rotatable bonds is 13. The van der Waals surface area contributed by atoms with E-state index in [4.69, 9.17) is 34.9 Å². The number of carbonyl (C=O) groups is 1. The SMILES string of the molecule is CC(C)(C)OC(=O)NCCCCNC(=S)NCc1ccnc2[nH]ccc12.NCCCCNC(=S)NCc1ccnc2[nH]ccc12. The van der Waals surface area contributed by atoms with Gasteiger partial charge in [0.2, 0.25) is 0 Å². The number of ether oxygens (including phenoxy) is 1. The van der Waals surface area contributed by atoms with Gasteiger partial charge in [-0.3, -0.25) is 0 Å². The molecule has 4 aromatic rings. The maximum atomic E-state index is 11.5. The number of hydrogen-bond donors (Lipinski definition) is 8. The van der Waals surface area contributed by atoms with Crippen LogP contribution < -0.4 is 32.3 Å². The van der Waals surface area contributed by atoms with Gasteiger partial charge in [-0.1, -0.05) is 0 Å². The molecule has 0 aliphatic rings. The molecule has 0 saturated carbocycles. The number of unbranched alkanes of at least 4 members (excludes halogenated alkanes) is 2. The number of nitrogens with zero attached hydrogens (tertiary/aromatic N) is 2. The first-order valence-electron chi connectivity index (χ1n) is 15.2. The number of alkyl carbamates (subject to hydrolysis) is 1. The topological polar surface area (TPSA) is 170 Å². The Hall–Kier alpha value is -4.01. The van der Waals surface area contributed by atoms with Crippen LogP contribution in [0.5, 0.6) is 0 Å². The van der Waals surface area contributed by atoms with E-state index in [9.17, 15) is 4.79 Å². The molecule has 0 saturated heterocycles. The molecule has 0 fully saturated rings. The summed E-state index contributed by atoms with van der Waals surface area (Å²) in [7, 11) is 0. The van der Waals surface area contributed by atoms with Gasteiger partial charge in [0.15, 0.2) is 10.2 Å². The first-order chi connectivity index (χ1) is 21.7. The number of amides is 1. The highest BCUT2D eigenvalue weighted by Crippen LogP contribution is 2.15. The fourth-order valence-corrected chi connectivity index (χ4v) is 4.60. The van der Waals surface area contributed by atoms with Crippen molar-refractivity contribution in [1.82, 2.24) is 46.5 Å². The minimum absolute atomic E-state index is 0.379. The molecule has 14 heteroatoms. The van der Waals surface area contributed by atoms with Crippen molar-refractivity contribution in [3.05, 3.63) is 60.2 Å². The lowest BCUT2D eigenvalue weighted by molar-refractivity contribution is 0.0527. The molecule has 0 bridgehead atoms. The van der Waals surface area contributed by atoms with Crippen molar-refractivity contribution in [3.8, 4) is 0 Å². The zero-order valence-corrected chi connectivity index (χ0v) is 27.9. The third-order valence-corrected chi connectivity index (χ3v) is 7.03. The molecule has 0 atom stereocenters. The molecule has 4 aromatic heterocycles. The highest BCUT2D eigenvalue weighted by molar-refractivity contribution is 7.80. The standard InChI is InChI=1S/C18H27N5O2S.C13H19N5S/c1-18(2,3)25-17(24)22-9-5-4-8-21-16(26)23-12-13-6-10-19-15-14(13)7-11-20-15;14-5-1-2-6-17-13(19)18-9-10-3-7-15-12-11(10)4-8-16-12/h6-7,10-11H,4-5,8-9,12H2,1-3H3,(H,19,20)(H,22,24)(H2,21,23,26);3-4,7-8H,1-2,5-6,9,14H2,(H,15,16)(H2,17,18,19). The summed E-state index contributed by atoms with van der Waals surface area (Å²) in [6.07, 6.45) is 10.8. The van der Waals surface area contributed by atoms with Crippen molar-refractivity contribution in [1.29, 1.82) is 0 Å². The third-order valence-electron chi connectivity index (χ3n) is 6.45. The van der Waals surface area contributed by atoms with Gasteiger partial charge in [-0.05, 0) is 113 Å². The number of aromatic nitrogens is 4. The molecule has 9 N–H and O–H groups in total. The summed E-state index contributed by atoms with van der Waals surface area (Å²) in [6, 6.07) is 8.01. The highest BCUT2D eigenvalue weighted by Gasteiger charge is 2.15. The number of carbonyl (C=O) groups excluding carboxylic acids is 1. The smallest absolute Gasteiger partial charge is 0.407 e. The van der Waals surface area contributed by atoms with Gasteiger partial charge >= 0.3 is 6.09 Å². The quantitative estimate of drug-likeness (QED) is 0.0772. The van der Waals surface area contributed by atoms with Gasteiger partial charge in [-0.2, -0.15) is 0 Å². The van der Waals surface area contributed by atoms with Crippen LogP contribution in [0.2, 0.25) is 0 Å². The molecule has 0 aromatic carbocycles. The zero-order chi connectivity index (χ0) is 32.5. The van der Waals surface area contributed by atoms with E-state index in [1.807, 2.05) is 57.4 Å². The van der Waals surface area contributed by atoms with E-state index in [0.29, 0.717) is 29.9 Å². The summed E-state index contributed by atoms with van der Waals surface area (Å²) in [5.41, 5.74) is 9.07. The number of H-pyrrole nitrogens is 2. The van der Waals surface area contributed by atoms with E-state index in [-0.39, 0.29) is 6.09 Å². The second-order valence-electron chi connectivity index (χ2n) is 11.3. The van der Waals surface area contributed by atoms with Gasteiger partial charge in [-0.15, -0.1) is 0 Å². The number of nitrogens with one attached hydrogen (secondary N) is 7. The molecule has 0 radical (unpaired) electrons. The van der Waals surface area contributed by atoms with E-state index in [1.54, 1.807) is 12.4 Å². The van der Waals surface area contributed by atoms with Crippen LogP contribution in [0.4, 0.5) is 4.79 Å². The second kappa shape index (κ2) is 18.7. The maximum absolute atomic E-state index is 11.5. The summed E-state index contributed by atoms with van der Waals surface area (Å²) in [5.74, 6) is 0. The minimum Gasteiger partial charge on any atom is -0.444 e. The summed E-state index contributed by atoms with van der Waals surface area (Å²) in [5, 5.41) is 19.0. The Labute approximate surface area is 275 Å². The summed E-state index contributed by atoms with van der Waals surface area (Å²) >= 11 is 10.5. The minimum atomic E-state index is -0.468. The van der Waals surface area contributed by atoms with Crippen molar-refractivity contribution < 1.29 is 9.53 Å². The Balaban J connectivity index is 0.000000257. The van der Waals surface area contributed by atoms with E-state index in [1.165, 1.54) is 5.56 Å². The molecule has 4 heterocycles. The monoisotopic (exact) mass is 654 g/mol. The van der Waals surface area contributed by atoms with Gasteiger partial charge in [0.05, 0.1) is 0 Å². The van der Waals surface area contributed by atoms with Gasteiger partial charge in [0.1, 0.15) is 16.9 Å². The van der Waals surface area contributed by atoms with Crippen molar-refractivity contribution in [3.63, 3.8) is 0 Å². The lowest BCUT2D eigenvalue weighted by Crippen LogP contribution is -2.36. The molecule has 0 spiro atoms. The zero-order valence-electron chi connectivity index (χ0n) is 26.3. The first-order valence-corrected chi connectivity index (χ1v) is 16.0. The number of nitrogens with two attached hydrogens (primary N) is 1. The predicted octanol–water partition coefficient (Wildman–Crippen LogP) is 4.10. The van der Waals surface area contributed by atoms with Gasteiger partial charge in [0.25, 0.3) is 0 Å². The lowest BCUT2D eigenvalue weighted by Gasteiger charge is -2.19. The Bertz CT molecular complexity index is 1500. The fourth-order valence-electron chi connectivity index (χ4n) is 4.25. The normalized spacial score (nSPS) is 10.9. The first kappa shape index (κ1) is 35.5.